The number of unbranched alkanes of at least 4 members (excludes halogenated alkanes) is 12. The average molecular weight is 1030 g/mol. The van der Waals surface area contributed by atoms with Gasteiger partial charge in [-0.15, -0.1) is 11.8 Å². The molecule has 2 aromatic rings. The molecule has 4 unspecified atom stereocenters. The summed E-state index contributed by atoms with van der Waals surface area (Å²) in [5.74, 6) is -0.750. The van der Waals surface area contributed by atoms with Gasteiger partial charge in [-0.3, -0.25) is 32.5 Å². The smallest absolute Gasteiger partial charge is 0.386 e. The van der Waals surface area contributed by atoms with Crippen molar-refractivity contribution in [3.8, 4) is 0 Å². The van der Waals surface area contributed by atoms with Crippen molar-refractivity contribution in [3.05, 3.63) is 12.7 Å². The lowest BCUT2D eigenvalue weighted by Gasteiger charge is -2.30. The SMILES string of the molecule is CCCCCCCCCCCCCCCC(SCCNC(=O)CCNC(=O)C(O)C(C)(C)COP(=O)(O)OP(=O)(O)OC[C@H]1O[C@@H](n2cnc3c(N)ncnc32)[C@H](O)[C@@H]1OP(=O)(O)O)C(C)=O. The molecule has 3 rings (SSSR count). The number of aromatic nitrogens is 4. The van der Waals surface area contributed by atoms with Crippen molar-refractivity contribution >= 4 is 69.8 Å². The number of thioether (sulfide) groups is 1. The quantitative estimate of drug-likeness (QED) is 0.0337. The van der Waals surface area contributed by atoms with Gasteiger partial charge < -0.3 is 50.9 Å². The first-order chi connectivity index (χ1) is 31.5. The largest absolute Gasteiger partial charge is 0.481 e. The number of ketones is 1. The maximum absolute atomic E-state index is 12.8. The third-order valence-electron chi connectivity index (χ3n) is 10.8. The number of hydrogen-bond donors (Lipinski definition) is 9. The molecule has 1 fully saturated rings. The summed E-state index contributed by atoms with van der Waals surface area (Å²) < 4.78 is 62.5. The highest BCUT2D eigenvalue weighted by molar-refractivity contribution is 8.00. The second-order valence-corrected chi connectivity index (χ2v) is 22.6. The van der Waals surface area contributed by atoms with Crippen molar-refractivity contribution in [3.63, 3.8) is 0 Å². The highest BCUT2D eigenvalue weighted by atomic mass is 32.2. The van der Waals surface area contributed by atoms with Gasteiger partial charge in [-0.2, -0.15) is 4.31 Å². The molecule has 28 heteroatoms. The standard InChI is InChI=1S/C39H70N7O17P3S/c1-5-6-7-8-9-10-11-12-13-14-15-16-17-18-29(27(2)47)67-22-21-41-30(48)19-20-42-37(51)34(50)39(3,4)24-60-66(57,58)63-65(55,56)59-23-28-33(62-64(52,53)54)32(49)38(61-28)46-26-45-31-35(40)43-25-44-36(31)46/h25-26,28-29,32-34,38,49-50H,5-24H2,1-4H3,(H,41,48)(H,42,51)(H,55,56)(H,57,58)(H2,40,43,44)(H2,52,53,54)/t28-,29?,32-,33-,34?,38-/m1/s1. The zero-order valence-electron chi connectivity index (χ0n) is 38.6. The van der Waals surface area contributed by atoms with E-state index in [2.05, 4.69) is 41.3 Å². The number of anilines is 1. The Morgan fingerprint density at radius 3 is 2.09 bits per heavy atom. The Labute approximate surface area is 395 Å². The molecule has 3 heterocycles. The molecule has 1 aliphatic rings. The molecule has 2 amide bonds. The fraction of sp³-hybridized carbons (Fsp3) is 0.795. The van der Waals surface area contributed by atoms with Crippen LogP contribution in [-0.4, -0.2) is 129 Å². The van der Waals surface area contributed by atoms with Crippen LogP contribution >= 0.6 is 35.2 Å². The van der Waals surface area contributed by atoms with Crippen LogP contribution in [0.4, 0.5) is 5.82 Å². The molecular formula is C39H70N7O17P3S. The van der Waals surface area contributed by atoms with E-state index in [1.165, 1.54) is 89.8 Å². The van der Waals surface area contributed by atoms with E-state index < -0.39 is 78.6 Å². The van der Waals surface area contributed by atoms with E-state index in [1.54, 1.807) is 6.92 Å². The summed E-state index contributed by atoms with van der Waals surface area (Å²) in [5, 5.41) is 26.6. The zero-order chi connectivity index (χ0) is 49.8. The Hall–Kier alpha value is -2.44. The summed E-state index contributed by atoms with van der Waals surface area (Å²) in [5.41, 5.74) is 4.30. The van der Waals surface area contributed by atoms with Crippen molar-refractivity contribution in [2.75, 3.05) is 37.8 Å². The molecule has 384 valence electrons. The van der Waals surface area contributed by atoms with Crippen molar-refractivity contribution in [2.45, 2.75) is 160 Å². The van der Waals surface area contributed by atoms with E-state index in [9.17, 15) is 57.9 Å². The molecule has 0 bridgehead atoms. The molecule has 67 heavy (non-hydrogen) atoms. The monoisotopic (exact) mass is 1030 g/mol. The summed E-state index contributed by atoms with van der Waals surface area (Å²) in [7, 11) is -16.4. The fourth-order valence-corrected chi connectivity index (χ4v) is 11.0. The molecule has 10 N–H and O–H groups in total. The summed E-state index contributed by atoms with van der Waals surface area (Å²) in [6.45, 7) is 4.49. The minimum Gasteiger partial charge on any atom is -0.386 e. The number of phosphoric acid groups is 3. The molecule has 0 aromatic carbocycles. The van der Waals surface area contributed by atoms with Crippen LogP contribution in [0.2, 0.25) is 0 Å². The molecule has 1 saturated heterocycles. The summed E-state index contributed by atoms with van der Waals surface area (Å²) in [4.78, 5) is 88.6. The van der Waals surface area contributed by atoms with Gasteiger partial charge >= 0.3 is 23.5 Å². The van der Waals surface area contributed by atoms with Crippen LogP contribution in [0, 0.1) is 5.41 Å². The first-order valence-electron chi connectivity index (χ1n) is 22.5. The van der Waals surface area contributed by atoms with Gasteiger partial charge in [0.2, 0.25) is 11.8 Å². The number of nitrogens with zero attached hydrogens (tertiary/aromatic N) is 4. The van der Waals surface area contributed by atoms with E-state index >= 15 is 0 Å². The molecule has 0 radical (unpaired) electrons. The minimum absolute atomic E-state index is 0.0345. The second-order valence-electron chi connectivity index (χ2n) is 17.1. The van der Waals surface area contributed by atoms with Crippen molar-refractivity contribution < 1.29 is 80.5 Å². The molecule has 8 atom stereocenters. The number of hydrogen-bond acceptors (Lipinski definition) is 18. The first-order valence-corrected chi connectivity index (χ1v) is 28.0. The minimum atomic E-state index is -5.58. The van der Waals surface area contributed by atoms with E-state index in [0.717, 1.165) is 42.9 Å². The Bertz CT molecular complexity index is 2010. The molecule has 0 saturated carbocycles. The Morgan fingerprint density at radius 1 is 0.896 bits per heavy atom. The third-order valence-corrected chi connectivity index (χ3v) is 15.4. The van der Waals surface area contributed by atoms with Gasteiger partial charge in [0.05, 0.1) is 24.8 Å². The Kier molecular flexibility index (Phi) is 25.0. The van der Waals surface area contributed by atoms with Crippen molar-refractivity contribution in [1.82, 2.24) is 30.2 Å². The van der Waals surface area contributed by atoms with Crippen LogP contribution in [0.5, 0.6) is 0 Å². The highest BCUT2D eigenvalue weighted by Gasteiger charge is 2.50. The van der Waals surface area contributed by atoms with Crippen LogP contribution in [0.3, 0.4) is 0 Å². The average Bonchev–Trinajstić information content (AvgIpc) is 3.81. The van der Waals surface area contributed by atoms with Gasteiger partial charge in [-0.05, 0) is 13.3 Å². The van der Waals surface area contributed by atoms with Crippen LogP contribution < -0.4 is 16.4 Å². The van der Waals surface area contributed by atoms with Gasteiger partial charge in [0.15, 0.2) is 17.7 Å². The van der Waals surface area contributed by atoms with Gasteiger partial charge in [0.1, 0.15) is 42.0 Å². The predicted octanol–water partition coefficient (Wildman–Crippen LogP) is 4.58. The maximum Gasteiger partial charge on any atom is 0.481 e. The second kappa shape index (κ2) is 28.4. The molecule has 0 spiro atoms. The lowest BCUT2D eigenvalue weighted by molar-refractivity contribution is -0.137. The summed E-state index contributed by atoms with van der Waals surface area (Å²) >= 11 is 1.50. The lowest BCUT2D eigenvalue weighted by atomic mass is 9.87. The number of ether oxygens (including phenoxy) is 1. The molecule has 0 aliphatic carbocycles. The normalized spacial score (nSPS) is 20.6. The number of fused-ring (bicyclic) bond motifs is 1. The number of nitrogens with two attached hydrogens (primary N) is 1. The predicted molar refractivity (Wildman–Crippen MR) is 247 cm³/mol. The van der Waals surface area contributed by atoms with E-state index in [-0.39, 0.29) is 46.9 Å². The van der Waals surface area contributed by atoms with Crippen LogP contribution in [0.25, 0.3) is 11.2 Å². The number of nitrogens with one attached hydrogen (secondary N) is 2. The topological polar surface area (TPSA) is 364 Å². The summed E-state index contributed by atoms with van der Waals surface area (Å²) in [6, 6.07) is 0. The number of carbonyl (C=O) groups excluding carboxylic acids is 3. The number of rotatable bonds is 35. The number of imidazole rings is 1. The van der Waals surface area contributed by atoms with Crippen LogP contribution in [-0.2, 0) is 50.7 Å². The van der Waals surface area contributed by atoms with E-state index in [0.29, 0.717) is 12.3 Å². The lowest BCUT2D eigenvalue weighted by Crippen LogP contribution is -2.46. The Balaban J connectivity index is 1.35. The highest BCUT2D eigenvalue weighted by Crippen LogP contribution is 2.61. The van der Waals surface area contributed by atoms with Crippen molar-refractivity contribution in [1.29, 1.82) is 0 Å². The van der Waals surface area contributed by atoms with Gasteiger partial charge in [-0.25, -0.2) is 28.6 Å². The molecule has 2 aromatic heterocycles. The number of amides is 2. The number of nitrogen functional groups attached to an aromatic ring is 1. The third kappa shape index (κ3) is 21.2. The summed E-state index contributed by atoms with van der Waals surface area (Å²) in [6.07, 6.45) is 10.2. The fourth-order valence-electron chi connectivity index (χ4n) is 7.08. The zero-order valence-corrected chi connectivity index (χ0v) is 42.1. The maximum atomic E-state index is 12.8. The first kappa shape index (κ1) is 58.9. The van der Waals surface area contributed by atoms with Crippen LogP contribution in [0.15, 0.2) is 12.7 Å². The molecular weight excluding hydrogens is 963 g/mol. The Morgan fingerprint density at radius 2 is 1.49 bits per heavy atom. The van der Waals surface area contributed by atoms with Gasteiger partial charge in [-0.1, -0.05) is 104 Å². The number of carbonyl (C=O) groups is 3. The van der Waals surface area contributed by atoms with Gasteiger partial charge in [0.25, 0.3) is 0 Å². The molecule has 1 aliphatic heterocycles. The number of phosphoric ester groups is 3. The van der Waals surface area contributed by atoms with Gasteiger partial charge in [0, 0.05) is 30.7 Å². The number of Topliss-reactive ketones (excluding diaryl/α,β-unsaturated/α-hetero) is 1. The molecule has 24 nitrogen and oxygen atoms in total. The number of aliphatic hydroxyl groups is 2. The number of aliphatic hydroxyl groups excluding tert-OH is 2. The van der Waals surface area contributed by atoms with E-state index in [1.807, 2.05) is 0 Å². The van der Waals surface area contributed by atoms with Crippen molar-refractivity contribution in [2.24, 2.45) is 5.41 Å². The van der Waals surface area contributed by atoms with E-state index in [4.69, 9.17) is 19.5 Å². The van der Waals surface area contributed by atoms with Crippen LogP contribution in [0.1, 0.15) is 130 Å².